The van der Waals surface area contributed by atoms with Gasteiger partial charge >= 0.3 is 5.97 Å². The van der Waals surface area contributed by atoms with Crippen molar-refractivity contribution in [1.29, 1.82) is 0 Å². The van der Waals surface area contributed by atoms with Gasteiger partial charge in [0.15, 0.2) is 0 Å². The van der Waals surface area contributed by atoms with Crippen molar-refractivity contribution in [2.45, 2.75) is 136 Å². The summed E-state index contributed by atoms with van der Waals surface area (Å²) in [5, 5.41) is 33.4. The summed E-state index contributed by atoms with van der Waals surface area (Å²) in [6.45, 7) is 13.0. The van der Waals surface area contributed by atoms with Crippen LogP contribution in [0.4, 0.5) is 0 Å². The first-order chi connectivity index (χ1) is 16.3. The SMILES string of the molecule is CCCC(C)(C)OC(=O)CCC(C)C1CCC2C3C(C[C@H](O)C12C)C1(C)CC[C@@H](O)CC1C[C@H]3O. The Morgan fingerprint density at radius 2 is 1.77 bits per heavy atom. The molecule has 4 aliphatic carbocycles. The topological polar surface area (TPSA) is 87.0 Å². The van der Waals surface area contributed by atoms with Crippen LogP contribution in [0.25, 0.3) is 0 Å². The first kappa shape index (κ1) is 27.4. The molecular formula is C30H52O5. The first-order valence-corrected chi connectivity index (χ1v) is 14.6. The molecule has 0 saturated heterocycles. The van der Waals surface area contributed by atoms with Gasteiger partial charge in [-0.05, 0) is 118 Å². The Balaban J connectivity index is 1.46. The Morgan fingerprint density at radius 3 is 2.46 bits per heavy atom. The molecule has 0 aromatic heterocycles. The number of hydrogen-bond acceptors (Lipinski definition) is 5. The second-order valence-electron chi connectivity index (χ2n) is 14.0. The van der Waals surface area contributed by atoms with E-state index in [1.54, 1.807) is 0 Å². The largest absolute Gasteiger partial charge is 0.460 e. The number of ether oxygens (including phenoxy) is 1. The van der Waals surface area contributed by atoms with E-state index in [9.17, 15) is 20.1 Å². The minimum absolute atomic E-state index is 0.101. The molecular weight excluding hydrogens is 440 g/mol. The monoisotopic (exact) mass is 492 g/mol. The standard InChI is InChI=1S/C30H52O5/c1-7-13-28(3,4)35-26(34)11-8-18(2)21-9-10-22-27-23(17-25(33)30(21,22)6)29(5)14-12-20(31)15-19(29)16-24(27)32/h18-25,27,31-33H,7-17H2,1-6H3/t18?,19?,20-,21?,22?,23?,24-,25+,27?,29?,30?/m1/s1. The molecule has 5 heteroatoms. The molecule has 11 atom stereocenters. The van der Waals surface area contributed by atoms with Crippen LogP contribution in [-0.2, 0) is 9.53 Å². The summed E-state index contributed by atoms with van der Waals surface area (Å²) in [6, 6.07) is 0. The zero-order valence-corrected chi connectivity index (χ0v) is 23.1. The molecule has 0 aromatic carbocycles. The van der Waals surface area contributed by atoms with Crippen molar-refractivity contribution >= 4 is 5.97 Å². The molecule has 0 amide bonds. The lowest BCUT2D eigenvalue weighted by Crippen LogP contribution is -2.62. The summed E-state index contributed by atoms with van der Waals surface area (Å²) in [4.78, 5) is 12.6. The lowest BCUT2D eigenvalue weighted by Gasteiger charge is -2.63. The molecule has 4 fully saturated rings. The summed E-state index contributed by atoms with van der Waals surface area (Å²) in [5.74, 6) is 1.79. The summed E-state index contributed by atoms with van der Waals surface area (Å²) in [7, 11) is 0. The number of fused-ring (bicyclic) bond motifs is 5. The van der Waals surface area contributed by atoms with Gasteiger partial charge in [0.05, 0.1) is 18.3 Å². The highest BCUT2D eigenvalue weighted by molar-refractivity contribution is 5.69. The number of aliphatic hydroxyl groups is 3. The third-order valence-electron chi connectivity index (χ3n) is 11.6. The highest BCUT2D eigenvalue weighted by atomic mass is 16.6. The van der Waals surface area contributed by atoms with Crippen molar-refractivity contribution in [3.8, 4) is 0 Å². The van der Waals surface area contributed by atoms with Gasteiger partial charge in [-0.1, -0.05) is 34.1 Å². The van der Waals surface area contributed by atoms with Crippen molar-refractivity contribution in [2.24, 2.45) is 46.3 Å². The van der Waals surface area contributed by atoms with E-state index in [0.717, 1.165) is 64.2 Å². The van der Waals surface area contributed by atoms with Crippen molar-refractivity contribution in [3.63, 3.8) is 0 Å². The molecule has 5 nitrogen and oxygen atoms in total. The second-order valence-corrected chi connectivity index (χ2v) is 14.0. The lowest BCUT2D eigenvalue weighted by atomic mass is 9.43. The van der Waals surface area contributed by atoms with Crippen molar-refractivity contribution < 1.29 is 24.9 Å². The second kappa shape index (κ2) is 9.91. The number of carbonyl (C=O) groups excluding carboxylic acids is 1. The van der Waals surface area contributed by atoms with E-state index in [2.05, 4.69) is 27.7 Å². The number of hydrogen-bond donors (Lipinski definition) is 3. The van der Waals surface area contributed by atoms with E-state index in [4.69, 9.17) is 4.74 Å². The van der Waals surface area contributed by atoms with E-state index < -0.39 is 5.60 Å². The van der Waals surface area contributed by atoms with Crippen LogP contribution < -0.4 is 0 Å². The Morgan fingerprint density at radius 1 is 1.06 bits per heavy atom. The maximum absolute atomic E-state index is 12.6. The molecule has 0 aliphatic heterocycles. The van der Waals surface area contributed by atoms with E-state index >= 15 is 0 Å². The van der Waals surface area contributed by atoms with Crippen LogP contribution in [0.3, 0.4) is 0 Å². The Kier molecular flexibility index (Phi) is 7.75. The van der Waals surface area contributed by atoms with Crippen LogP contribution in [-0.4, -0.2) is 45.2 Å². The smallest absolute Gasteiger partial charge is 0.306 e. The number of carbonyl (C=O) groups is 1. The zero-order chi connectivity index (χ0) is 25.8. The van der Waals surface area contributed by atoms with E-state index in [1.165, 1.54) is 0 Å². The molecule has 3 N–H and O–H groups in total. The van der Waals surface area contributed by atoms with Crippen LogP contribution in [0.15, 0.2) is 0 Å². The quantitative estimate of drug-likeness (QED) is 0.409. The maximum atomic E-state index is 12.6. The number of aliphatic hydroxyl groups excluding tert-OH is 3. The Hall–Kier alpha value is -0.650. The van der Waals surface area contributed by atoms with Gasteiger partial charge in [-0.15, -0.1) is 0 Å². The third-order valence-corrected chi connectivity index (χ3v) is 11.6. The Labute approximate surface area is 213 Å². The van der Waals surface area contributed by atoms with E-state index in [-0.39, 0.29) is 41.0 Å². The molecule has 4 aliphatic rings. The Bertz CT molecular complexity index is 766. The summed E-state index contributed by atoms with van der Waals surface area (Å²) >= 11 is 0. The fraction of sp³-hybridized carbons (Fsp3) is 0.967. The third kappa shape index (κ3) is 4.83. The minimum atomic E-state index is -0.408. The van der Waals surface area contributed by atoms with Gasteiger partial charge in [-0.3, -0.25) is 4.79 Å². The first-order valence-electron chi connectivity index (χ1n) is 14.6. The van der Waals surface area contributed by atoms with Gasteiger partial charge in [-0.2, -0.15) is 0 Å². The predicted molar refractivity (Wildman–Crippen MR) is 137 cm³/mol. The number of rotatable bonds is 7. The molecule has 4 saturated carbocycles. The van der Waals surface area contributed by atoms with Crippen LogP contribution >= 0.6 is 0 Å². The average Bonchev–Trinajstić information content (AvgIpc) is 3.12. The maximum Gasteiger partial charge on any atom is 0.306 e. The van der Waals surface area contributed by atoms with Crippen LogP contribution in [0, 0.1) is 46.3 Å². The molecule has 8 unspecified atom stereocenters. The molecule has 0 aromatic rings. The van der Waals surface area contributed by atoms with Gasteiger partial charge in [0.25, 0.3) is 0 Å². The summed E-state index contributed by atoms with van der Waals surface area (Å²) in [6.07, 6.45) is 8.40. The molecule has 35 heavy (non-hydrogen) atoms. The molecule has 202 valence electrons. The summed E-state index contributed by atoms with van der Waals surface area (Å²) in [5.41, 5.74) is -0.525. The van der Waals surface area contributed by atoms with Crippen molar-refractivity contribution in [3.05, 3.63) is 0 Å². The fourth-order valence-corrected chi connectivity index (χ4v) is 9.69. The van der Waals surface area contributed by atoms with Crippen molar-refractivity contribution in [2.75, 3.05) is 0 Å². The molecule has 0 bridgehead atoms. The number of esters is 1. The lowest BCUT2D eigenvalue weighted by molar-refractivity contribution is -0.207. The van der Waals surface area contributed by atoms with Gasteiger partial charge in [0.2, 0.25) is 0 Å². The minimum Gasteiger partial charge on any atom is -0.460 e. The van der Waals surface area contributed by atoms with E-state index in [1.807, 2.05) is 13.8 Å². The van der Waals surface area contributed by atoms with E-state index in [0.29, 0.717) is 36.0 Å². The molecule has 4 rings (SSSR count). The molecule has 0 heterocycles. The van der Waals surface area contributed by atoms with Crippen LogP contribution in [0.2, 0.25) is 0 Å². The van der Waals surface area contributed by atoms with Crippen LogP contribution in [0.5, 0.6) is 0 Å². The summed E-state index contributed by atoms with van der Waals surface area (Å²) < 4.78 is 5.76. The molecule has 0 radical (unpaired) electrons. The fourth-order valence-electron chi connectivity index (χ4n) is 9.69. The van der Waals surface area contributed by atoms with Gasteiger partial charge in [-0.25, -0.2) is 0 Å². The average molecular weight is 493 g/mol. The molecule has 0 spiro atoms. The van der Waals surface area contributed by atoms with Gasteiger partial charge < -0.3 is 20.1 Å². The van der Waals surface area contributed by atoms with Gasteiger partial charge in [0.1, 0.15) is 5.60 Å². The zero-order valence-electron chi connectivity index (χ0n) is 23.1. The highest BCUT2D eigenvalue weighted by Crippen LogP contribution is 2.68. The predicted octanol–water partition coefficient (Wildman–Crippen LogP) is 5.49. The van der Waals surface area contributed by atoms with Crippen LogP contribution in [0.1, 0.15) is 112 Å². The highest BCUT2D eigenvalue weighted by Gasteiger charge is 2.65. The normalized spacial score (nSPS) is 46.3. The van der Waals surface area contributed by atoms with Gasteiger partial charge in [0, 0.05) is 6.42 Å². The van der Waals surface area contributed by atoms with Crippen molar-refractivity contribution in [1.82, 2.24) is 0 Å².